The molecule has 2 atom stereocenters. The van der Waals surface area contributed by atoms with Gasteiger partial charge in [-0.1, -0.05) is 12.5 Å². The molecule has 1 spiro atoms. The minimum atomic E-state index is -0.137. The molecule has 2 fully saturated rings. The Balaban J connectivity index is 1.39. The van der Waals surface area contributed by atoms with E-state index in [4.69, 9.17) is 9.47 Å². The largest absolute Gasteiger partial charge is 0.375 e. The molecule has 4 rings (SSSR count). The Morgan fingerprint density at radius 2 is 2.04 bits per heavy atom. The molecule has 132 valence electrons. The van der Waals surface area contributed by atoms with Crippen LogP contribution in [0.4, 0.5) is 5.95 Å². The van der Waals surface area contributed by atoms with Crippen LogP contribution in [0, 0.1) is 5.92 Å². The zero-order valence-electron chi connectivity index (χ0n) is 14.4. The van der Waals surface area contributed by atoms with Gasteiger partial charge < -0.3 is 14.4 Å². The highest BCUT2D eigenvalue weighted by atomic mass is 16.5. The number of hydrogen-bond donors (Lipinski definition) is 0. The average molecular weight is 340 g/mol. The van der Waals surface area contributed by atoms with Crippen molar-refractivity contribution < 1.29 is 9.47 Å². The van der Waals surface area contributed by atoms with Crippen LogP contribution in [0.2, 0.25) is 0 Å². The SMILES string of the molecule is c1ccc(COC[C@@H]2CCC[C@]23CN(c2ncccn2)CCO3)nc1. The minimum absolute atomic E-state index is 0.137. The Morgan fingerprint density at radius 3 is 2.88 bits per heavy atom. The summed E-state index contributed by atoms with van der Waals surface area (Å²) < 4.78 is 12.3. The van der Waals surface area contributed by atoms with Crippen LogP contribution in [0.1, 0.15) is 25.0 Å². The Kier molecular flexibility index (Phi) is 4.90. The van der Waals surface area contributed by atoms with Crippen molar-refractivity contribution in [2.24, 2.45) is 5.92 Å². The first-order valence-electron chi connectivity index (χ1n) is 8.99. The van der Waals surface area contributed by atoms with Gasteiger partial charge in [0.15, 0.2) is 0 Å². The van der Waals surface area contributed by atoms with Crippen molar-refractivity contribution in [3.63, 3.8) is 0 Å². The van der Waals surface area contributed by atoms with E-state index >= 15 is 0 Å². The molecular formula is C19H24N4O2. The maximum Gasteiger partial charge on any atom is 0.225 e. The molecule has 2 aliphatic rings. The summed E-state index contributed by atoms with van der Waals surface area (Å²) in [6.45, 7) is 3.66. The lowest BCUT2D eigenvalue weighted by atomic mass is 9.89. The number of nitrogens with zero attached hydrogens (tertiary/aromatic N) is 4. The Morgan fingerprint density at radius 1 is 1.16 bits per heavy atom. The summed E-state index contributed by atoms with van der Waals surface area (Å²) in [4.78, 5) is 15.4. The summed E-state index contributed by atoms with van der Waals surface area (Å²) in [6.07, 6.45) is 8.80. The third-order valence-corrected chi connectivity index (χ3v) is 5.24. The highest BCUT2D eigenvalue weighted by molar-refractivity contribution is 5.31. The quantitative estimate of drug-likeness (QED) is 0.833. The second-order valence-corrected chi connectivity index (χ2v) is 6.81. The first-order valence-corrected chi connectivity index (χ1v) is 8.99. The molecule has 2 aromatic rings. The van der Waals surface area contributed by atoms with Crippen molar-refractivity contribution >= 4 is 5.95 Å². The van der Waals surface area contributed by atoms with Crippen molar-refractivity contribution in [1.29, 1.82) is 0 Å². The molecule has 6 heteroatoms. The lowest BCUT2D eigenvalue weighted by Crippen LogP contribution is -2.55. The van der Waals surface area contributed by atoms with Gasteiger partial charge in [-0.25, -0.2) is 9.97 Å². The van der Waals surface area contributed by atoms with Crippen LogP contribution in [0.3, 0.4) is 0 Å². The third-order valence-electron chi connectivity index (χ3n) is 5.24. The van der Waals surface area contributed by atoms with Crippen LogP contribution < -0.4 is 4.90 Å². The Bertz CT molecular complexity index is 670. The van der Waals surface area contributed by atoms with Gasteiger partial charge in [-0.2, -0.15) is 0 Å². The van der Waals surface area contributed by atoms with Gasteiger partial charge in [-0.15, -0.1) is 0 Å². The van der Waals surface area contributed by atoms with E-state index in [9.17, 15) is 0 Å². The number of aromatic nitrogens is 3. The van der Waals surface area contributed by atoms with E-state index in [1.54, 1.807) is 18.6 Å². The summed E-state index contributed by atoms with van der Waals surface area (Å²) in [5.74, 6) is 1.20. The molecule has 1 aliphatic heterocycles. The van der Waals surface area contributed by atoms with Crippen molar-refractivity contribution in [3.05, 3.63) is 48.5 Å². The molecule has 0 N–H and O–H groups in total. The smallest absolute Gasteiger partial charge is 0.225 e. The number of ether oxygens (including phenoxy) is 2. The standard InChI is InChI=1S/C19H24N4O2/c1-2-8-20-17(6-1)14-24-13-16-5-3-7-19(16)15-23(11-12-25-19)18-21-9-4-10-22-18/h1-2,4,6,8-10,16H,3,5,7,11-15H2/t16-,19-/m0/s1. The fourth-order valence-electron chi connectivity index (χ4n) is 3.97. The van der Waals surface area contributed by atoms with Gasteiger partial charge in [-0.05, 0) is 31.0 Å². The Hall–Kier alpha value is -2.05. The summed E-state index contributed by atoms with van der Waals surface area (Å²) >= 11 is 0. The molecule has 3 heterocycles. The van der Waals surface area contributed by atoms with Gasteiger partial charge in [0.05, 0.1) is 37.7 Å². The second kappa shape index (κ2) is 7.45. The van der Waals surface area contributed by atoms with Gasteiger partial charge in [0.1, 0.15) is 0 Å². The molecule has 0 unspecified atom stereocenters. The van der Waals surface area contributed by atoms with E-state index in [0.29, 0.717) is 19.1 Å². The Labute approximate surface area is 148 Å². The van der Waals surface area contributed by atoms with Crippen LogP contribution in [0.25, 0.3) is 0 Å². The van der Waals surface area contributed by atoms with Gasteiger partial charge >= 0.3 is 0 Å². The maximum atomic E-state index is 6.30. The summed E-state index contributed by atoms with van der Waals surface area (Å²) in [6, 6.07) is 7.76. The number of hydrogen-bond acceptors (Lipinski definition) is 6. The zero-order chi connectivity index (χ0) is 17.0. The normalized spacial score (nSPS) is 26.2. The van der Waals surface area contributed by atoms with E-state index in [1.807, 2.05) is 24.3 Å². The molecule has 1 saturated heterocycles. The van der Waals surface area contributed by atoms with Gasteiger partial charge in [0, 0.05) is 31.1 Å². The molecule has 0 aromatic carbocycles. The van der Waals surface area contributed by atoms with E-state index in [0.717, 1.165) is 44.2 Å². The van der Waals surface area contributed by atoms with E-state index in [1.165, 1.54) is 6.42 Å². The number of rotatable bonds is 5. The van der Waals surface area contributed by atoms with Crippen LogP contribution >= 0.6 is 0 Å². The number of anilines is 1. The van der Waals surface area contributed by atoms with Crippen molar-refractivity contribution in [2.75, 3.05) is 31.2 Å². The van der Waals surface area contributed by atoms with Gasteiger partial charge in [0.2, 0.25) is 5.95 Å². The van der Waals surface area contributed by atoms with Crippen LogP contribution in [0.15, 0.2) is 42.9 Å². The predicted molar refractivity (Wildman–Crippen MR) is 94.2 cm³/mol. The molecule has 0 bridgehead atoms. The third kappa shape index (κ3) is 3.65. The van der Waals surface area contributed by atoms with Crippen LogP contribution in [0.5, 0.6) is 0 Å². The zero-order valence-corrected chi connectivity index (χ0v) is 14.4. The van der Waals surface area contributed by atoms with Crippen LogP contribution in [-0.2, 0) is 16.1 Å². The minimum Gasteiger partial charge on any atom is -0.375 e. The topological polar surface area (TPSA) is 60.4 Å². The average Bonchev–Trinajstić information content (AvgIpc) is 3.05. The van der Waals surface area contributed by atoms with E-state index in [2.05, 4.69) is 19.9 Å². The first kappa shape index (κ1) is 16.4. The lowest BCUT2D eigenvalue weighted by Gasteiger charge is -2.44. The molecule has 6 nitrogen and oxygen atoms in total. The number of morpholine rings is 1. The van der Waals surface area contributed by atoms with Crippen LogP contribution in [-0.4, -0.2) is 46.9 Å². The fraction of sp³-hybridized carbons (Fsp3) is 0.526. The summed E-state index contributed by atoms with van der Waals surface area (Å²) in [7, 11) is 0. The fourth-order valence-corrected chi connectivity index (χ4v) is 3.97. The molecule has 1 saturated carbocycles. The van der Waals surface area contributed by atoms with Gasteiger partial charge in [0.25, 0.3) is 0 Å². The van der Waals surface area contributed by atoms with Gasteiger partial charge in [-0.3, -0.25) is 4.98 Å². The molecule has 0 radical (unpaired) electrons. The second-order valence-electron chi connectivity index (χ2n) is 6.81. The van der Waals surface area contributed by atoms with E-state index in [-0.39, 0.29) is 5.60 Å². The first-order chi connectivity index (χ1) is 12.4. The molecule has 25 heavy (non-hydrogen) atoms. The van der Waals surface area contributed by atoms with Crippen molar-refractivity contribution in [3.8, 4) is 0 Å². The molecule has 0 amide bonds. The highest BCUT2D eigenvalue weighted by Gasteiger charge is 2.47. The maximum absolute atomic E-state index is 6.30. The van der Waals surface area contributed by atoms with Crippen molar-refractivity contribution in [1.82, 2.24) is 15.0 Å². The molecular weight excluding hydrogens is 316 g/mol. The van der Waals surface area contributed by atoms with E-state index < -0.39 is 0 Å². The summed E-state index contributed by atoms with van der Waals surface area (Å²) in [5, 5.41) is 0. The molecule has 1 aliphatic carbocycles. The summed E-state index contributed by atoms with van der Waals surface area (Å²) in [5.41, 5.74) is 0.833. The predicted octanol–water partition coefficient (Wildman–Crippen LogP) is 2.46. The lowest BCUT2D eigenvalue weighted by molar-refractivity contribution is -0.101. The molecule has 2 aromatic heterocycles. The highest BCUT2D eigenvalue weighted by Crippen LogP contribution is 2.41. The van der Waals surface area contributed by atoms with Crippen molar-refractivity contribution in [2.45, 2.75) is 31.5 Å². The number of pyridine rings is 1. The monoisotopic (exact) mass is 340 g/mol.